The summed E-state index contributed by atoms with van der Waals surface area (Å²) in [5.74, 6) is 0.684. The molecule has 5 heteroatoms. The highest BCUT2D eigenvalue weighted by Crippen LogP contribution is 2.20. The normalized spacial score (nSPS) is 18.7. The predicted molar refractivity (Wildman–Crippen MR) is 90.1 cm³/mol. The van der Waals surface area contributed by atoms with Gasteiger partial charge >= 0.3 is 5.97 Å². The van der Waals surface area contributed by atoms with Gasteiger partial charge in [-0.25, -0.2) is 10.3 Å². The van der Waals surface area contributed by atoms with Crippen LogP contribution in [0, 0.1) is 5.92 Å². The highest BCUT2D eigenvalue weighted by Gasteiger charge is 2.21. The number of rotatable bonds is 6. The highest BCUT2D eigenvalue weighted by atomic mass is 16.7. The Kier molecular flexibility index (Phi) is 6.04. The molecule has 1 aromatic rings. The Morgan fingerprint density at radius 2 is 2.04 bits per heavy atom. The number of carbonyl (C=O) groups is 1. The minimum absolute atomic E-state index is 0.311. The summed E-state index contributed by atoms with van der Waals surface area (Å²) in [6.45, 7) is 8.73. The number of ether oxygens (including phenoxy) is 1. The van der Waals surface area contributed by atoms with Gasteiger partial charge in [-0.15, -0.1) is 0 Å². The molecule has 0 radical (unpaired) electrons. The van der Waals surface area contributed by atoms with Gasteiger partial charge in [0.25, 0.3) is 0 Å². The number of carbonyl (C=O) groups excluding carboxylic acids is 1. The molecule has 0 aliphatic carbocycles. The second kappa shape index (κ2) is 8.02. The molecule has 0 unspecified atom stereocenters. The molecule has 0 saturated carbocycles. The van der Waals surface area contributed by atoms with E-state index in [2.05, 4.69) is 38.2 Å². The molecule has 5 nitrogen and oxygen atoms in total. The van der Waals surface area contributed by atoms with Crippen LogP contribution in [0.2, 0.25) is 0 Å². The van der Waals surface area contributed by atoms with E-state index in [1.807, 2.05) is 0 Å². The SMILES string of the molecule is CCCOc1ccc(C(=O)ONC2=C(C)CN(C)C[C@H]2C)cc1. The summed E-state index contributed by atoms with van der Waals surface area (Å²) in [6.07, 6.45) is 0.954. The van der Waals surface area contributed by atoms with Crippen molar-refractivity contribution in [3.63, 3.8) is 0 Å². The first-order valence-electron chi connectivity index (χ1n) is 8.09. The maximum Gasteiger partial charge on any atom is 0.362 e. The summed E-state index contributed by atoms with van der Waals surface area (Å²) >= 11 is 0. The third-order valence-electron chi connectivity index (χ3n) is 3.86. The van der Waals surface area contributed by atoms with Gasteiger partial charge in [-0.2, -0.15) is 0 Å². The van der Waals surface area contributed by atoms with Crippen LogP contribution in [0.5, 0.6) is 5.75 Å². The Balaban J connectivity index is 1.93. The molecule has 23 heavy (non-hydrogen) atoms. The van der Waals surface area contributed by atoms with Gasteiger partial charge in [0.15, 0.2) is 0 Å². The van der Waals surface area contributed by atoms with E-state index >= 15 is 0 Å². The average Bonchev–Trinajstić information content (AvgIpc) is 2.52. The lowest BCUT2D eigenvalue weighted by Gasteiger charge is -2.31. The minimum Gasteiger partial charge on any atom is -0.494 e. The zero-order chi connectivity index (χ0) is 16.8. The van der Waals surface area contributed by atoms with E-state index in [0.29, 0.717) is 18.1 Å². The largest absolute Gasteiger partial charge is 0.494 e. The van der Waals surface area contributed by atoms with Crippen molar-refractivity contribution >= 4 is 5.97 Å². The quantitative estimate of drug-likeness (QED) is 0.817. The van der Waals surface area contributed by atoms with E-state index in [1.54, 1.807) is 24.3 Å². The van der Waals surface area contributed by atoms with Crippen LogP contribution in [0.15, 0.2) is 35.5 Å². The van der Waals surface area contributed by atoms with Crippen molar-refractivity contribution in [2.75, 3.05) is 26.7 Å². The molecule has 1 aliphatic rings. The third kappa shape index (κ3) is 4.73. The lowest BCUT2D eigenvalue weighted by Crippen LogP contribution is -2.37. The molecule has 1 aliphatic heterocycles. The van der Waals surface area contributed by atoms with Crippen LogP contribution < -0.4 is 10.2 Å². The standard InChI is InChI=1S/C18H26N2O3/c1-5-10-22-16-8-6-15(7-9-16)18(21)23-19-17-13(2)11-20(4)12-14(17)3/h6-9,13,19H,5,10-12H2,1-4H3/t13-/m1/s1. The van der Waals surface area contributed by atoms with Crippen molar-refractivity contribution in [1.82, 2.24) is 10.4 Å². The number of likely N-dealkylation sites (N-methyl/N-ethyl adjacent to an activating group) is 1. The summed E-state index contributed by atoms with van der Waals surface area (Å²) in [6, 6.07) is 7.01. The molecule has 1 aromatic carbocycles. The Morgan fingerprint density at radius 1 is 1.35 bits per heavy atom. The Bertz CT molecular complexity index is 566. The fourth-order valence-corrected chi connectivity index (χ4v) is 2.79. The van der Waals surface area contributed by atoms with Crippen LogP contribution in [-0.4, -0.2) is 37.6 Å². The molecule has 0 bridgehead atoms. The molecule has 2 rings (SSSR count). The van der Waals surface area contributed by atoms with E-state index in [0.717, 1.165) is 31.0 Å². The van der Waals surface area contributed by atoms with Gasteiger partial charge in [0, 0.05) is 19.0 Å². The van der Waals surface area contributed by atoms with Crippen LogP contribution in [0.4, 0.5) is 0 Å². The first kappa shape index (κ1) is 17.3. The van der Waals surface area contributed by atoms with Gasteiger partial charge in [-0.3, -0.25) is 0 Å². The van der Waals surface area contributed by atoms with Crippen LogP contribution in [0.3, 0.4) is 0 Å². The number of nitrogens with one attached hydrogen (secondary N) is 1. The van der Waals surface area contributed by atoms with Gasteiger partial charge in [-0.1, -0.05) is 13.8 Å². The van der Waals surface area contributed by atoms with Crippen LogP contribution >= 0.6 is 0 Å². The fourth-order valence-electron chi connectivity index (χ4n) is 2.79. The number of hydrogen-bond acceptors (Lipinski definition) is 5. The molecule has 0 aromatic heterocycles. The lowest BCUT2D eigenvalue weighted by molar-refractivity contribution is 0.0289. The third-order valence-corrected chi connectivity index (χ3v) is 3.86. The molecular formula is C18H26N2O3. The molecule has 0 fully saturated rings. The average molecular weight is 318 g/mol. The molecule has 1 N–H and O–H groups in total. The second-order valence-corrected chi connectivity index (χ2v) is 6.16. The lowest BCUT2D eigenvalue weighted by atomic mass is 9.99. The first-order valence-corrected chi connectivity index (χ1v) is 8.09. The van der Waals surface area contributed by atoms with Crippen molar-refractivity contribution in [1.29, 1.82) is 0 Å². The van der Waals surface area contributed by atoms with Crippen molar-refractivity contribution in [3.05, 3.63) is 41.1 Å². The van der Waals surface area contributed by atoms with Crippen LogP contribution in [0.25, 0.3) is 0 Å². The number of nitrogens with zero attached hydrogens (tertiary/aromatic N) is 1. The summed E-state index contributed by atoms with van der Waals surface area (Å²) in [7, 11) is 2.09. The van der Waals surface area contributed by atoms with E-state index in [1.165, 1.54) is 5.57 Å². The molecule has 1 heterocycles. The topological polar surface area (TPSA) is 50.8 Å². The predicted octanol–water partition coefficient (Wildman–Crippen LogP) is 2.99. The van der Waals surface area contributed by atoms with Crippen LogP contribution in [-0.2, 0) is 4.84 Å². The maximum absolute atomic E-state index is 12.1. The van der Waals surface area contributed by atoms with Crippen LogP contribution in [0.1, 0.15) is 37.6 Å². The zero-order valence-electron chi connectivity index (χ0n) is 14.4. The van der Waals surface area contributed by atoms with E-state index in [-0.39, 0.29) is 0 Å². The van der Waals surface area contributed by atoms with Gasteiger partial charge in [-0.05, 0) is 50.2 Å². The van der Waals surface area contributed by atoms with Gasteiger partial charge in [0.05, 0.1) is 17.9 Å². The number of hydroxylamine groups is 1. The summed E-state index contributed by atoms with van der Waals surface area (Å²) < 4.78 is 5.50. The molecule has 0 spiro atoms. The maximum atomic E-state index is 12.1. The monoisotopic (exact) mass is 318 g/mol. The molecule has 0 amide bonds. The van der Waals surface area contributed by atoms with Crippen molar-refractivity contribution in [2.45, 2.75) is 27.2 Å². The Labute approximate surface area is 138 Å². The van der Waals surface area contributed by atoms with Gasteiger partial charge in [0.1, 0.15) is 5.75 Å². The summed E-state index contributed by atoms with van der Waals surface area (Å²) in [4.78, 5) is 19.6. The first-order chi connectivity index (χ1) is 11.0. The molecule has 1 atom stereocenters. The molecular weight excluding hydrogens is 292 g/mol. The van der Waals surface area contributed by atoms with Gasteiger partial charge in [0.2, 0.25) is 0 Å². The highest BCUT2D eigenvalue weighted by molar-refractivity contribution is 5.89. The number of hydrogen-bond donors (Lipinski definition) is 1. The summed E-state index contributed by atoms with van der Waals surface area (Å²) in [5, 5.41) is 0. The van der Waals surface area contributed by atoms with E-state index < -0.39 is 5.97 Å². The Morgan fingerprint density at radius 3 is 2.65 bits per heavy atom. The second-order valence-electron chi connectivity index (χ2n) is 6.16. The van der Waals surface area contributed by atoms with Crippen molar-refractivity contribution in [3.8, 4) is 5.75 Å². The number of benzene rings is 1. The van der Waals surface area contributed by atoms with Crippen molar-refractivity contribution in [2.24, 2.45) is 5.92 Å². The fraction of sp³-hybridized carbons (Fsp3) is 0.500. The van der Waals surface area contributed by atoms with Gasteiger partial charge < -0.3 is 14.5 Å². The molecule has 0 saturated heterocycles. The molecule has 126 valence electrons. The van der Waals surface area contributed by atoms with E-state index in [4.69, 9.17) is 9.57 Å². The van der Waals surface area contributed by atoms with Crippen molar-refractivity contribution < 1.29 is 14.4 Å². The smallest absolute Gasteiger partial charge is 0.362 e. The zero-order valence-corrected chi connectivity index (χ0v) is 14.4. The van der Waals surface area contributed by atoms with E-state index in [9.17, 15) is 4.79 Å². The Hall–Kier alpha value is -2.01. The summed E-state index contributed by atoms with van der Waals surface area (Å²) in [5.41, 5.74) is 5.56. The minimum atomic E-state index is -0.390.